The van der Waals surface area contributed by atoms with Crippen LogP contribution in [0, 0.1) is 5.82 Å². The number of aromatic nitrogens is 1. The SMILES string of the molecule is CC1=NN(c2ccc(F)cc2)C(=O)/C1=C/c1cn(C[C@H](O)CNCCCN2CCOCC2)c2ccccc12. The Labute approximate surface area is 222 Å². The summed E-state index contributed by atoms with van der Waals surface area (Å²) in [6.45, 7) is 8.21. The Morgan fingerprint density at radius 3 is 2.71 bits per heavy atom. The van der Waals surface area contributed by atoms with Crippen molar-refractivity contribution in [1.29, 1.82) is 0 Å². The van der Waals surface area contributed by atoms with Gasteiger partial charge in [-0.05, 0) is 62.8 Å². The van der Waals surface area contributed by atoms with Crippen molar-refractivity contribution in [3.05, 3.63) is 71.7 Å². The molecule has 5 rings (SSSR count). The molecule has 2 aliphatic rings. The number of para-hydroxylation sites is 1. The largest absolute Gasteiger partial charge is 0.390 e. The Balaban J connectivity index is 1.24. The molecular weight excluding hydrogens is 485 g/mol. The van der Waals surface area contributed by atoms with E-state index >= 15 is 0 Å². The van der Waals surface area contributed by atoms with Crippen molar-refractivity contribution in [2.75, 3.05) is 50.9 Å². The number of carbonyl (C=O) groups is 1. The average Bonchev–Trinajstić information content (AvgIpc) is 3.41. The predicted molar refractivity (Wildman–Crippen MR) is 148 cm³/mol. The summed E-state index contributed by atoms with van der Waals surface area (Å²) in [6.07, 6.45) is 4.29. The lowest BCUT2D eigenvalue weighted by Crippen LogP contribution is -2.38. The van der Waals surface area contributed by atoms with Crippen LogP contribution in [0.15, 0.2) is 65.4 Å². The van der Waals surface area contributed by atoms with E-state index in [9.17, 15) is 14.3 Å². The van der Waals surface area contributed by atoms with E-state index in [1.165, 1.54) is 29.3 Å². The molecule has 1 fully saturated rings. The van der Waals surface area contributed by atoms with Crippen LogP contribution in [0.4, 0.5) is 10.1 Å². The van der Waals surface area contributed by atoms with Gasteiger partial charge in [-0.1, -0.05) is 18.2 Å². The zero-order valence-corrected chi connectivity index (χ0v) is 21.6. The average molecular weight is 520 g/mol. The summed E-state index contributed by atoms with van der Waals surface area (Å²) in [5.74, 6) is -0.623. The number of benzene rings is 2. The third-order valence-electron chi connectivity index (χ3n) is 6.97. The first-order valence-corrected chi connectivity index (χ1v) is 13.1. The number of carbonyl (C=O) groups excluding carboxylic acids is 1. The summed E-state index contributed by atoms with van der Waals surface area (Å²) in [4.78, 5) is 15.6. The maximum atomic E-state index is 13.3. The smallest absolute Gasteiger partial charge is 0.280 e. The number of morpholine rings is 1. The summed E-state index contributed by atoms with van der Waals surface area (Å²) in [7, 11) is 0. The fraction of sp³-hybridized carbons (Fsp3) is 0.379. The van der Waals surface area contributed by atoms with Crippen molar-refractivity contribution in [2.24, 2.45) is 5.10 Å². The third-order valence-corrected chi connectivity index (χ3v) is 6.97. The third kappa shape index (κ3) is 6.02. The molecule has 9 heteroatoms. The molecule has 0 bridgehead atoms. The number of hydrogen-bond donors (Lipinski definition) is 2. The van der Waals surface area contributed by atoms with Crippen LogP contribution >= 0.6 is 0 Å². The van der Waals surface area contributed by atoms with Crippen molar-refractivity contribution >= 4 is 34.3 Å². The van der Waals surface area contributed by atoms with E-state index in [-0.39, 0.29) is 11.7 Å². The second kappa shape index (κ2) is 12.0. The summed E-state index contributed by atoms with van der Waals surface area (Å²) < 4.78 is 20.8. The lowest BCUT2D eigenvalue weighted by atomic mass is 10.1. The van der Waals surface area contributed by atoms with Crippen molar-refractivity contribution in [2.45, 2.75) is 26.0 Å². The second-order valence-corrected chi connectivity index (χ2v) is 9.76. The topological polar surface area (TPSA) is 82.3 Å². The highest BCUT2D eigenvalue weighted by Gasteiger charge is 2.29. The molecule has 2 N–H and O–H groups in total. The number of nitrogens with zero attached hydrogens (tertiary/aromatic N) is 4. The van der Waals surface area contributed by atoms with Gasteiger partial charge in [0.05, 0.1) is 36.3 Å². The Kier molecular flexibility index (Phi) is 8.29. The van der Waals surface area contributed by atoms with Crippen molar-refractivity contribution in [1.82, 2.24) is 14.8 Å². The lowest BCUT2D eigenvalue weighted by molar-refractivity contribution is -0.114. The summed E-state index contributed by atoms with van der Waals surface area (Å²) in [6, 6.07) is 13.7. The molecule has 38 heavy (non-hydrogen) atoms. The zero-order valence-electron chi connectivity index (χ0n) is 21.6. The number of aliphatic hydroxyl groups excluding tert-OH is 1. The fourth-order valence-corrected chi connectivity index (χ4v) is 4.95. The Hall–Kier alpha value is -3.37. The second-order valence-electron chi connectivity index (χ2n) is 9.76. The van der Waals surface area contributed by atoms with E-state index in [0.29, 0.717) is 30.1 Å². The first-order valence-electron chi connectivity index (χ1n) is 13.1. The quantitative estimate of drug-likeness (QED) is 0.318. The van der Waals surface area contributed by atoms with Gasteiger partial charge in [0, 0.05) is 48.8 Å². The predicted octanol–water partition coefficient (Wildman–Crippen LogP) is 3.26. The molecule has 2 aliphatic heterocycles. The van der Waals surface area contributed by atoms with E-state index in [1.807, 2.05) is 41.1 Å². The zero-order chi connectivity index (χ0) is 26.5. The van der Waals surface area contributed by atoms with Gasteiger partial charge in [-0.2, -0.15) is 10.1 Å². The highest BCUT2D eigenvalue weighted by molar-refractivity contribution is 6.32. The molecule has 3 aromatic rings. The maximum absolute atomic E-state index is 13.3. The van der Waals surface area contributed by atoms with Crippen LogP contribution in [0.2, 0.25) is 0 Å². The van der Waals surface area contributed by atoms with E-state index in [4.69, 9.17) is 4.74 Å². The normalized spacial score (nSPS) is 18.5. The van der Waals surface area contributed by atoms with Gasteiger partial charge in [0.1, 0.15) is 5.82 Å². The van der Waals surface area contributed by atoms with Crippen LogP contribution in [-0.2, 0) is 16.1 Å². The molecule has 200 valence electrons. The number of anilines is 1. The van der Waals surface area contributed by atoms with E-state index in [1.54, 1.807) is 6.92 Å². The number of halogens is 1. The van der Waals surface area contributed by atoms with Crippen LogP contribution in [0.25, 0.3) is 17.0 Å². The number of hydrogen-bond acceptors (Lipinski definition) is 6. The van der Waals surface area contributed by atoms with Gasteiger partial charge >= 0.3 is 0 Å². The molecule has 3 heterocycles. The van der Waals surface area contributed by atoms with Gasteiger partial charge < -0.3 is 19.7 Å². The van der Waals surface area contributed by atoms with Crippen LogP contribution < -0.4 is 10.3 Å². The van der Waals surface area contributed by atoms with Gasteiger partial charge in [0.2, 0.25) is 0 Å². The number of amides is 1. The molecule has 0 saturated carbocycles. The number of fused-ring (bicyclic) bond motifs is 1. The van der Waals surface area contributed by atoms with Crippen molar-refractivity contribution in [3.8, 4) is 0 Å². The molecule has 1 aromatic heterocycles. The van der Waals surface area contributed by atoms with Crippen LogP contribution in [0.1, 0.15) is 18.9 Å². The van der Waals surface area contributed by atoms with Gasteiger partial charge in [-0.25, -0.2) is 4.39 Å². The van der Waals surface area contributed by atoms with Gasteiger partial charge in [-0.15, -0.1) is 0 Å². The van der Waals surface area contributed by atoms with Gasteiger partial charge in [0.25, 0.3) is 5.91 Å². The number of hydrazone groups is 1. The van der Waals surface area contributed by atoms with Crippen molar-refractivity contribution < 1.29 is 19.0 Å². The molecule has 1 amide bonds. The van der Waals surface area contributed by atoms with E-state index in [0.717, 1.165) is 62.3 Å². The Bertz CT molecular complexity index is 1330. The highest BCUT2D eigenvalue weighted by Crippen LogP contribution is 2.28. The molecule has 1 saturated heterocycles. The molecule has 0 aliphatic carbocycles. The summed E-state index contributed by atoms with van der Waals surface area (Å²) >= 11 is 0. The minimum Gasteiger partial charge on any atom is -0.390 e. The fourth-order valence-electron chi connectivity index (χ4n) is 4.95. The molecular formula is C29H34FN5O3. The van der Waals surface area contributed by atoms with E-state index in [2.05, 4.69) is 15.3 Å². The number of aliphatic hydroxyl groups is 1. The minimum absolute atomic E-state index is 0.257. The van der Waals surface area contributed by atoms with Gasteiger partial charge in [-0.3, -0.25) is 9.69 Å². The van der Waals surface area contributed by atoms with Crippen LogP contribution in [-0.4, -0.2) is 78.2 Å². The first kappa shape index (κ1) is 26.2. The van der Waals surface area contributed by atoms with Crippen molar-refractivity contribution in [3.63, 3.8) is 0 Å². The van der Waals surface area contributed by atoms with Crippen LogP contribution in [0.5, 0.6) is 0 Å². The molecule has 1 atom stereocenters. The lowest BCUT2D eigenvalue weighted by Gasteiger charge is -2.26. The standard InChI is InChI=1S/C29H34FN5O3/c1-21-27(29(37)35(32-21)24-9-7-23(30)8-10-24)17-22-19-34(28-6-3-2-5-26(22)28)20-25(36)18-31-11-4-12-33-13-15-38-16-14-33/h2-3,5-10,17,19,25,31,36H,4,11-16,18,20H2,1H3/b27-17+/t25-/m1/s1. The molecule has 2 aromatic carbocycles. The number of rotatable bonds is 10. The monoisotopic (exact) mass is 519 g/mol. The Morgan fingerprint density at radius 2 is 1.92 bits per heavy atom. The summed E-state index contributed by atoms with van der Waals surface area (Å²) in [5.41, 5.74) is 3.46. The Morgan fingerprint density at radius 1 is 1.16 bits per heavy atom. The van der Waals surface area contributed by atoms with Crippen LogP contribution in [0.3, 0.4) is 0 Å². The molecule has 0 spiro atoms. The van der Waals surface area contributed by atoms with E-state index < -0.39 is 6.10 Å². The van der Waals surface area contributed by atoms with Gasteiger partial charge in [0.15, 0.2) is 0 Å². The molecule has 8 nitrogen and oxygen atoms in total. The summed E-state index contributed by atoms with van der Waals surface area (Å²) in [5, 5.41) is 20.8. The first-order chi connectivity index (χ1) is 18.5. The number of ether oxygens (including phenoxy) is 1. The minimum atomic E-state index is -0.555. The highest BCUT2D eigenvalue weighted by atomic mass is 19.1. The molecule has 0 radical (unpaired) electrons. The molecule has 0 unspecified atom stereocenters. The maximum Gasteiger partial charge on any atom is 0.280 e. The number of nitrogens with one attached hydrogen (secondary N) is 1.